The molecule has 0 spiro atoms. The Morgan fingerprint density at radius 2 is 1.79 bits per heavy atom. The molecule has 0 aliphatic carbocycles. The highest BCUT2D eigenvalue weighted by Gasteiger charge is 2.27. The van der Waals surface area contributed by atoms with Gasteiger partial charge in [-0.15, -0.1) is 0 Å². The van der Waals surface area contributed by atoms with Gasteiger partial charge in [-0.2, -0.15) is 0 Å². The van der Waals surface area contributed by atoms with Crippen molar-refractivity contribution in [3.8, 4) is 0 Å². The molecule has 1 rings (SSSR count). The van der Waals surface area contributed by atoms with Gasteiger partial charge in [0.15, 0.2) is 5.96 Å². The molecule has 1 aliphatic rings. The minimum Gasteiger partial charge on any atom is -0.379 e. The lowest BCUT2D eigenvalue weighted by atomic mass is 9.92. The molecule has 1 atom stereocenters. The molecular formula is C17H35N5O2. The molecule has 7 heteroatoms. The van der Waals surface area contributed by atoms with Gasteiger partial charge in [0, 0.05) is 38.8 Å². The Kier molecular flexibility index (Phi) is 9.07. The fraction of sp³-hybridized carbons (Fsp3) is 0.882. The third kappa shape index (κ3) is 7.05. The third-order valence-electron chi connectivity index (χ3n) is 4.16. The number of rotatable bonds is 8. The van der Waals surface area contributed by atoms with E-state index in [1.165, 1.54) is 0 Å². The average Bonchev–Trinajstić information content (AvgIpc) is 2.58. The first kappa shape index (κ1) is 20.7. The largest absolute Gasteiger partial charge is 0.379 e. The third-order valence-corrected chi connectivity index (χ3v) is 4.16. The maximum Gasteiger partial charge on any atom is 0.227 e. The first-order valence-electron chi connectivity index (χ1n) is 9.03. The molecule has 1 amide bonds. The van der Waals surface area contributed by atoms with Crippen LogP contribution in [0.2, 0.25) is 0 Å². The van der Waals surface area contributed by atoms with Crippen LogP contribution in [0.15, 0.2) is 4.99 Å². The van der Waals surface area contributed by atoms with E-state index in [4.69, 9.17) is 4.74 Å². The normalized spacial score (nSPS) is 18.1. The van der Waals surface area contributed by atoms with E-state index in [-0.39, 0.29) is 5.91 Å². The monoisotopic (exact) mass is 341 g/mol. The predicted octanol–water partition coefficient (Wildman–Crippen LogP) is 0.425. The molecule has 24 heavy (non-hydrogen) atoms. The lowest BCUT2D eigenvalue weighted by Gasteiger charge is -2.32. The average molecular weight is 342 g/mol. The van der Waals surface area contributed by atoms with E-state index in [0.29, 0.717) is 19.1 Å². The van der Waals surface area contributed by atoms with E-state index >= 15 is 0 Å². The Balaban J connectivity index is 2.53. The first-order valence-corrected chi connectivity index (χ1v) is 9.03. The summed E-state index contributed by atoms with van der Waals surface area (Å²) in [6, 6.07) is 0.411. The number of guanidine groups is 1. The topological polar surface area (TPSA) is 78.0 Å². The van der Waals surface area contributed by atoms with Crippen LogP contribution in [-0.4, -0.2) is 75.3 Å². The minimum atomic E-state index is -0.520. The van der Waals surface area contributed by atoms with Gasteiger partial charge >= 0.3 is 0 Å². The van der Waals surface area contributed by atoms with Gasteiger partial charge in [-0.25, -0.2) is 0 Å². The molecule has 0 aromatic heterocycles. The SMILES string of the molecule is CCNC(=O)C(C)(C)CN=C(NCC)NCC(C)N1CCOCC1. The molecule has 1 fully saturated rings. The molecule has 7 nitrogen and oxygen atoms in total. The highest BCUT2D eigenvalue weighted by molar-refractivity contribution is 5.83. The number of morpholine rings is 1. The summed E-state index contributed by atoms with van der Waals surface area (Å²) in [7, 11) is 0. The van der Waals surface area contributed by atoms with Crippen LogP contribution in [-0.2, 0) is 9.53 Å². The van der Waals surface area contributed by atoms with E-state index < -0.39 is 5.41 Å². The highest BCUT2D eigenvalue weighted by Crippen LogP contribution is 2.15. The standard InChI is InChI=1S/C17H35N5O2/c1-6-18-15(23)17(4,5)13-21-16(19-7-2)20-12-14(3)22-8-10-24-11-9-22/h14H,6-13H2,1-5H3,(H,18,23)(H2,19,20,21). The summed E-state index contributed by atoms with van der Waals surface area (Å²) in [5.41, 5.74) is -0.520. The van der Waals surface area contributed by atoms with Gasteiger partial charge < -0.3 is 20.7 Å². The molecular weight excluding hydrogens is 306 g/mol. The second-order valence-corrected chi connectivity index (χ2v) is 6.82. The molecule has 3 N–H and O–H groups in total. The van der Waals surface area contributed by atoms with Crippen LogP contribution in [0.1, 0.15) is 34.6 Å². The zero-order valence-corrected chi connectivity index (χ0v) is 15.9. The van der Waals surface area contributed by atoms with Crippen LogP contribution < -0.4 is 16.0 Å². The van der Waals surface area contributed by atoms with E-state index in [1.807, 2.05) is 27.7 Å². The Morgan fingerprint density at radius 3 is 2.38 bits per heavy atom. The van der Waals surface area contributed by atoms with Gasteiger partial charge in [-0.3, -0.25) is 14.7 Å². The van der Waals surface area contributed by atoms with Gasteiger partial charge in [0.2, 0.25) is 5.91 Å². The fourth-order valence-corrected chi connectivity index (χ4v) is 2.48. The summed E-state index contributed by atoms with van der Waals surface area (Å²) < 4.78 is 5.40. The summed E-state index contributed by atoms with van der Waals surface area (Å²) in [4.78, 5) is 19.1. The Hall–Kier alpha value is -1.34. The van der Waals surface area contributed by atoms with Gasteiger partial charge in [-0.05, 0) is 34.6 Å². The van der Waals surface area contributed by atoms with Crippen LogP contribution in [0, 0.1) is 5.41 Å². The van der Waals surface area contributed by atoms with Crippen molar-refractivity contribution in [1.29, 1.82) is 0 Å². The van der Waals surface area contributed by atoms with E-state index in [1.54, 1.807) is 0 Å². The molecule has 0 aromatic rings. The van der Waals surface area contributed by atoms with Crippen molar-refractivity contribution in [3.63, 3.8) is 0 Å². The van der Waals surface area contributed by atoms with Crippen molar-refractivity contribution in [2.24, 2.45) is 10.4 Å². The van der Waals surface area contributed by atoms with Gasteiger partial charge in [0.05, 0.1) is 25.2 Å². The molecule has 1 saturated heterocycles. The number of carbonyl (C=O) groups is 1. The molecule has 1 aliphatic heterocycles. The second-order valence-electron chi connectivity index (χ2n) is 6.82. The number of aliphatic imine (C=N–C) groups is 1. The quantitative estimate of drug-likeness (QED) is 0.441. The first-order chi connectivity index (χ1) is 11.4. The number of carbonyl (C=O) groups excluding carboxylic acids is 1. The van der Waals surface area contributed by atoms with E-state index in [9.17, 15) is 4.79 Å². The maximum absolute atomic E-state index is 12.1. The lowest BCUT2D eigenvalue weighted by Crippen LogP contribution is -2.49. The fourth-order valence-electron chi connectivity index (χ4n) is 2.48. The molecule has 140 valence electrons. The number of nitrogens with one attached hydrogen (secondary N) is 3. The van der Waals surface area contributed by atoms with E-state index in [0.717, 1.165) is 45.4 Å². The van der Waals surface area contributed by atoms with Gasteiger partial charge in [0.25, 0.3) is 0 Å². The molecule has 0 radical (unpaired) electrons. The van der Waals surface area contributed by atoms with Crippen LogP contribution in [0.25, 0.3) is 0 Å². The number of nitrogens with zero attached hydrogens (tertiary/aromatic N) is 2. The summed E-state index contributed by atoms with van der Waals surface area (Å²) in [5, 5.41) is 9.50. The van der Waals surface area contributed by atoms with E-state index in [2.05, 4.69) is 32.8 Å². The number of amides is 1. The molecule has 1 heterocycles. The summed E-state index contributed by atoms with van der Waals surface area (Å²) in [5.74, 6) is 0.793. The van der Waals surface area contributed by atoms with Crippen LogP contribution in [0.4, 0.5) is 0 Å². The van der Waals surface area contributed by atoms with Crippen molar-refractivity contribution in [3.05, 3.63) is 0 Å². The Morgan fingerprint density at radius 1 is 1.17 bits per heavy atom. The molecule has 0 bridgehead atoms. The van der Waals surface area contributed by atoms with Crippen molar-refractivity contribution in [1.82, 2.24) is 20.9 Å². The van der Waals surface area contributed by atoms with Gasteiger partial charge in [-0.1, -0.05) is 0 Å². The van der Waals surface area contributed by atoms with Gasteiger partial charge in [0.1, 0.15) is 0 Å². The second kappa shape index (κ2) is 10.5. The maximum atomic E-state index is 12.1. The van der Waals surface area contributed by atoms with Crippen LogP contribution in [0.5, 0.6) is 0 Å². The predicted molar refractivity (Wildman–Crippen MR) is 98.3 cm³/mol. The van der Waals surface area contributed by atoms with Crippen molar-refractivity contribution >= 4 is 11.9 Å². The zero-order valence-electron chi connectivity index (χ0n) is 15.9. The number of hydrogen-bond acceptors (Lipinski definition) is 4. The van der Waals surface area contributed by atoms with Crippen molar-refractivity contribution in [2.75, 3.05) is 52.5 Å². The lowest BCUT2D eigenvalue weighted by molar-refractivity contribution is -0.128. The van der Waals surface area contributed by atoms with Crippen molar-refractivity contribution < 1.29 is 9.53 Å². The zero-order chi connectivity index (χ0) is 18.0. The van der Waals surface area contributed by atoms with Crippen molar-refractivity contribution in [2.45, 2.75) is 40.7 Å². The Bertz CT molecular complexity index is 406. The Labute approximate surface area is 146 Å². The summed E-state index contributed by atoms with van der Waals surface area (Å²) >= 11 is 0. The van der Waals surface area contributed by atoms with Crippen LogP contribution >= 0.6 is 0 Å². The molecule has 0 aromatic carbocycles. The molecule has 1 unspecified atom stereocenters. The van der Waals surface area contributed by atoms with Crippen LogP contribution in [0.3, 0.4) is 0 Å². The molecule has 0 saturated carbocycles. The minimum absolute atomic E-state index is 0.0336. The summed E-state index contributed by atoms with van der Waals surface area (Å²) in [6.07, 6.45) is 0. The highest BCUT2D eigenvalue weighted by atomic mass is 16.5. The summed E-state index contributed by atoms with van der Waals surface area (Å²) in [6.45, 7) is 16.3. The number of ether oxygens (including phenoxy) is 1. The smallest absolute Gasteiger partial charge is 0.227 e. The number of hydrogen-bond donors (Lipinski definition) is 3.